The second-order valence-electron chi connectivity index (χ2n) is 10.1. The van der Waals surface area contributed by atoms with Gasteiger partial charge in [0.25, 0.3) is 0 Å². The molecular weight excluding hydrogens is 312 g/mol. The molecule has 0 saturated heterocycles. The molecule has 3 nitrogen and oxygen atoms in total. The third kappa shape index (κ3) is 2.09. The van der Waals surface area contributed by atoms with E-state index in [0.29, 0.717) is 17.8 Å². The highest BCUT2D eigenvalue weighted by molar-refractivity contribution is 5.86. The molecule has 0 radical (unpaired) electrons. The zero-order valence-corrected chi connectivity index (χ0v) is 16.2. The number of carbonyl (C=O) groups is 1. The summed E-state index contributed by atoms with van der Waals surface area (Å²) in [5, 5.41) is 21.5. The van der Waals surface area contributed by atoms with Gasteiger partial charge in [-0.1, -0.05) is 32.4 Å². The number of hydrogen-bond acceptors (Lipinski definition) is 3. The smallest absolute Gasteiger partial charge is 0.162 e. The van der Waals surface area contributed by atoms with E-state index in [4.69, 9.17) is 0 Å². The van der Waals surface area contributed by atoms with Crippen molar-refractivity contribution in [2.75, 3.05) is 0 Å². The van der Waals surface area contributed by atoms with Crippen LogP contribution in [-0.4, -0.2) is 27.7 Å². The highest BCUT2D eigenvalue weighted by Crippen LogP contribution is 2.67. The van der Waals surface area contributed by atoms with Gasteiger partial charge in [-0.25, -0.2) is 0 Å². The Balaban J connectivity index is 1.74. The predicted molar refractivity (Wildman–Crippen MR) is 97.9 cm³/mol. The van der Waals surface area contributed by atoms with Gasteiger partial charge in [0.2, 0.25) is 0 Å². The average molecular weight is 347 g/mol. The quantitative estimate of drug-likeness (QED) is 0.709. The van der Waals surface area contributed by atoms with Crippen LogP contribution in [0.2, 0.25) is 0 Å². The fourth-order valence-electron chi connectivity index (χ4n) is 7.60. The monoisotopic (exact) mass is 346 g/mol. The summed E-state index contributed by atoms with van der Waals surface area (Å²) in [6.45, 7) is 8.22. The van der Waals surface area contributed by atoms with Crippen LogP contribution in [0, 0.1) is 34.5 Å². The first kappa shape index (κ1) is 17.7. The molecule has 0 bridgehead atoms. The van der Waals surface area contributed by atoms with E-state index in [2.05, 4.69) is 26.8 Å². The van der Waals surface area contributed by atoms with Gasteiger partial charge in [-0.15, -0.1) is 0 Å². The van der Waals surface area contributed by atoms with Crippen molar-refractivity contribution in [3.8, 4) is 0 Å². The molecule has 0 aromatic heterocycles. The Bertz CT molecular complexity index is 625. The number of aliphatic hydroxyl groups excluding tert-OH is 1. The van der Waals surface area contributed by atoms with Crippen molar-refractivity contribution in [3.05, 3.63) is 11.6 Å². The van der Waals surface area contributed by atoms with Crippen LogP contribution >= 0.6 is 0 Å². The van der Waals surface area contributed by atoms with Gasteiger partial charge in [0, 0.05) is 5.41 Å². The van der Waals surface area contributed by atoms with E-state index in [1.165, 1.54) is 6.42 Å². The Hall–Kier alpha value is -0.670. The summed E-state index contributed by atoms with van der Waals surface area (Å²) in [5.74, 6) is 1.48. The molecule has 0 unspecified atom stereocenters. The lowest BCUT2D eigenvalue weighted by Gasteiger charge is -2.57. The SMILES string of the molecule is CC(=O)[C@]1(O)[C@H](C)C[C@H]2[C@@H]3CC[C@@H]4C[C@H](O)CC[C@]4(C)C3=CC[C@@]21C. The highest BCUT2D eigenvalue weighted by atomic mass is 16.3. The summed E-state index contributed by atoms with van der Waals surface area (Å²) in [6.07, 6.45) is 9.30. The van der Waals surface area contributed by atoms with Crippen molar-refractivity contribution in [2.45, 2.75) is 84.3 Å². The van der Waals surface area contributed by atoms with Crippen molar-refractivity contribution >= 4 is 5.78 Å². The fourth-order valence-corrected chi connectivity index (χ4v) is 7.60. The number of rotatable bonds is 1. The minimum atomic E-state index is -1.18. The number of hydrogen-bond donors (Lipinski definition) is 2. The summed E-state index contributed by atoms with van der Waals surface area (Å²) in [5.41, 5.74) is 0.298. The summed E-state index contributed by atoms with van der Waals surface area (Å²) < 4.78 is 0. The van der Waals surface area contributed by atoms with Gasteiger partial charge in [-0.2, -0.15) is 0 Å². The lowest BCUT2D eigenvalue weighted by molar-refractivity contribution is -0.156. The predicted octanol–water partition coefficient (Wildman–Crippen LogP) is 3.88. The molecule has 0 spiro atoms. The van der Waals surface area contributed by atoms with Crippen LogP contribution < -0.4 is 0 Å². The Morgan fingerprint density at radius 3 is 2.60 bits per heavy atom. The number of Topliss-reactive ketones (excluding diaryl/α,β-unsaturated/α-hetero) is 1. The Morgan fingerprint density at radius 2 is 1.92 bits per heavy atom. The van der Waals surface area contributed by atoms with E-state index in [-0.39, 0.29) is 28.6 Å². The van der Waals surface area contributed by atoms with E-state index >= 15 is 0 Å². The molecule has 0 aromatic carbocycles. The molecule has 4 rings (SSSR count). The number of fused-ring (bicyclic) bond motifs is 5. The summed E-state index contributed by atoms with van der Waals surface area (Å²) >= 11 is 0. The van der Waals surface area contributed by atoms with Crippen molar-refractivity contribution in [3.63, 3.8) is 0 Å². The zero-order valence-electron chi connectivity index (χ0n) is 16.2. The van der Waals surface area contributed by atoms with Crippen LogP contribution in [0.4, 0.5) is 0 Å². The molecule has 3 saturated carbocycles. The minimum Gasteiger partial charge on any atom is -0.393 e. The van der Waals surface area contributed by atoms with Crippen LogP contribution in [0.25, 0.3) is 0 Å². The summed E-state index contributed by atoms with van der Waals surface area (Å²) in [4.78, 5) is 12.4. The summed E-state index contributed by atoms with van der Waals surface area (Å²) in [6, 6.07) is 0. The zero-order chi connectivity index (χ0) is 18.2. The largest absolute Gasteiger partial charge is 0.393 e. The maximum absolute atomic E-state index is 12.4. The van der Waals surface area contributed by atoms with E-state index in [1.807, 2.05) is 0 Å². The number of aliphatic hydroxyl groups is 2. The van der Waals surface area contributed by atoms with Crippen LogP contribution in [0.3, 0.4) is 0 Å². The van der Waals surface area contributed by atoms with Gasteiger partial charge in [-0.05, 0) is 81.0 Å². The van der Waals surface area contributed by atoms with Crippen molar-refractivity contribution in [1.29, 1.82) is 0 Å². The minimum absolute atomic E-state index is 0.0338. The summed E-state index contributed by atoms with van der Waals surface area (Å²) in [7, 11) is 0. The van der Waals surface area contributed by atoms with Crippen LogP contribution in [0.5, 0.6) is 0 Å². The number of allylic oxidation sites excluding steroid dienone is 2. The highest BCUT2D eigenvalue weighted by Gasteiger charge is 2.66. The molecule has 8 atom stereocenters. The van der Waals surface area contributed by atoms with Crippen LogP contribution in [0.15, 0.2) is 11.6 Å². The molecule has 0 aliphatic heterocycles. The first-order valence-electron chi connectivity index (χ1n) is 10.3. The van der Waals surface area contributed by atoms with Gasteiger partial charge < -0.3 is 10.2 Å². The molecule has 25 heavy (non-hydrogen) atoms. The second kappa shape index (κ2) is 5.42. The molecule has 0 aromatic rings. The standard InChI is InChI=1S/C22H34O3/c1-13-11-19-17-6-5-15-12-16(24)7-9-20(15,3)18(17)8-10-21(19,4)22(13,25)14(2)23/h8,13,15-17,19,24-25H,5-7,9-12H2,1-4H3/t13-,15-,16-,17-,19+,20+,21+,22-/m1/s1. The second-order valence-corrected chi connectivity index (χ2v) is 10.1. The Labute approximate surface area is 151 Å². The van der Waals surface area contributed by atoms with E-state index in [9.17, 15) is 15.0 Å². The van der Waals surface area contributed by atoms with Crippen molar-refractivity contribution in [1.82, 2.24) is 0 Å². The number of carbonyl (C=O) groups excluding carboxylic acids is 1. The molecule has 0 heterocycles. The molecule has 4 aliphatic carbocycles. The lowest BCUT2D eigenvalue weighted by Crippen LogP contribution is -2.56. The van der Waals surface area contributed by atoms with Gasteiger partial charge in [0.05, 0.1) is 6.10 Å². The van der Waals surface area contributed by atoms with E-state index in [1.54, 1.807) is 12.5 Å². The van der Waals surface area contributed by atoms with Crippen molar-refractivity contribution < 1.29 is 15.0 Å². The molecule has 3 fully saturated rings. The fraction of sp³-hybridized carbons (Fsp3) is 0.864. The molecule has 0 amide bonds. The van der Waals surface area contributed by atoms with E-state index in [0.717, 1.165) is 38.5 Å². The first-order valence-corrected chi connectivity index (χ1v) is 10.3. The molecule has 3 heteroatoms. The third-order valence-corrected chi connectivity index (χ3v) is 9.12. The van der Waals surface area contributed by atoms with Crippen molar-refractivity contribution in [2.24, 2.45) is 34.5 Å². The Kier molecular flexibility index (Phi) is 3.84. The molecule has 4 aliphatic rings. The topological polar surface area (TPSA) is 57.5 Å². The third-order valence-electron chi connectivity index (χ3n) is 9.12. The normalized spacial score (nSPS) is 55.0. The van der Waals surface area contributed by atoms with Gasteiger partial charge >= 0.3 is 0 Å². The first-order chi connectivity index (χ1) is 11.6. The van der Waals surface area contributed by atoms with Gasteiger partial charge in [-0.3, -0.25) is 4.79 Å². The van der Waals surface area contributed by atoms with Crippen LogP contribution in [0.1, 0.15) is 72.6 Å². The van der Waals surface area contributed by atoms with Gasteiger partial charge in [0.1, 0.15) is 5.60 Å². The molecule has 2 N–H and O–H groups in total. The lowest BCUT2D eigenvalue weighted by atomic mass is 9.48. The van der Waals surface area contributed by atoms with Crippen LogP contribution in [-0.2, 0) is 4.79 Å². The maximum Gasteiger partial charge on any atom is 0.162 e. The van der Waals surface area contributed by atoms with E-state index < -0.39 is 5.60 Å². The molecule has 140 valence electrons. The number of ketones is 1. The molecular formula is C22H34O3. The Morgan fingerprint density at radius 1 is 1.20 bits per heavy atom. The average Bonchev–Trinajstić information content (AvgIpc) is 2.77. The van der Waals surface area contributed by atoms with Gasteiger partial charge in [0.15, 0.2) is 5.78 Å². The maximum atomic E-state index is 12.4.